The highest BCUT2D eigenvalue weighted by Crippen LogP contribution is 2.19. The topological polar surface area (TPSA) is 41.1 Å². The Morgan fingerprint density at radius 2 is 1.75 bits per heavy atom. The third kappa shape index (κ3) is 5.01. The van der Waals surface area contributed by atoms with Gasteiger partial charge in [-0.2, -0.15) is 0 Å². The summed E-state index contributed by atoms with van der Waals surface area (Å²) in [5.41, 5.74) is 0.932. The Morgan fingerprint density at radius 3 is 2.46 bits per heavy atom. The zero-order valence-corrected chi connectivity index (χ0v) is 13.3. The van der Waals surface area contributed by atoms with Crippen molar-refractivity contribution in [1.82, 2.24) is 5.32 Å². The fourth-order valence-corrected chi connectivity index (χ4v) is 2.26. The quantitative estimate of drug-likeness (QED) is 0.758. The number of rotatable bonds is 7. The van der Waals surface area contributed by atoms with Crippen LogP contribution in [0.15, 0.2) is 42.5 Å². The molecule has 1 atom stereocenters. The average molecular weight is 336 g/mol. The van der Waals surface area contributed by atoms with Gasteiger partial charge in [0, 0.05) is 6.04 Å². The Balaban J connectivity index is 1.78. The molecule has 24 heavy (non-hydrogen) atoms. The molecular weight excluding hydrogens is 317 g/mol. The van der Waals surface area contributed by atoms with E-state index in [0.717, 1.165) is 25.0 Å². The van der Waals surface area contributed by atoms with E-state index in [9.17, 15) is 18.0 Å². The minimum absolute atomic E-state index is 0.0608. The first-order chi connectivity index (χ1) is 11.5. The molecule has 3 nitrogen and oxygen atoms in total. The molecule has 0 fully saturated rings. The van der Waals surface area contributed by atoms with Gasteiger partial charge in [0.15, 0.2) is 17.5 Å². The summed E-state index contributed by atoms with van der Waals surface area (Å²) < 4.78 is 39.4. The average Bonchev–Trinajstić information content (AvgIpc) is 2.58. The minimum atomic E-state index is -1.56. The number of hydrogen-bond donors (Lipinski definition) is 2. The largest absolute Gasteiger partial charge is 0.374 e. The normalized spacial score (nSPS) is 11.8. The first-order valence-corrected chi connectivity index (χ1v) is 7.68. The maximum absolute atomic E-state index is 13.5. The molecule has 2 aromatic carbocycles. The van der Waals surface area contributed by atoms with Crippen LogP contribution in [0.2, 0.25) is 0 Å². The van der Waals surface area contributed by atoms with Crippen LogP contribution in [0.3, 0.4) is 0 Å². The molecule has 0 radical (unpaired) electrons. The molecule has 1 amide bonds. The smallest absolute Gasteiger partial charge is 0.239 e. The fraction of sp³-hybridized carbons (Fsp3) is 0.278. The SMILES string of the molecule is CC(CCc1ccccc1)NC(=O)CNc1ccc(F)c(F)c1F. The Labute approximate surface area is 138 Å². The first kappa shape index (κ1) is 17.8. The van der Waals surface area contributed by atoms with E-state index in [1.165, 1.54) is 5.56 Å². The molecule has 1 unspecified atom stereocenters. The van der Waals surface area contributed by atoms with Gasteiger partial charge >= 0.3 is 0 Å². The second kappa shape index (κ2) is 8.38. The van der Waals surface area contributed by atoms with E-state index in [1.54, 1.807) is 0 Å². The van der Waals surface area contributed by atoms with E-state index in [-0.39, 0.29) is 24.2 Å². The molecule has 0 saturated carbocycles. The number of carbonyl (C=O) groups is 1. The van der Waals surface area contributed by atoms with Crippen LogP contribution in [0.4, 0.5) is 18.9 Å². The molecule has 0 aliphatic rings. The monoisotopic (exact) mass is 336 g/mol. The highest BCUT2D eigenvalue weighted by atomic mass is 19.2. The van der Waals surface area contributed by atoms with Crippen molar-refractivity contribution in [2.75, 3.05) is 11.9 Å². The molecule has 2 N–H and O–H groups in total. The van der Waals surface area contributed by atoms with Crippen LogP contribution < -0.4 is 10.6 Å². The van der Waals surface area contributed by atoms with Crippen LogP contribution in [0.1, 0.15) is 18.9 Å². The molecule has 0 aliphatic heterocycles. The van der Waals surface area contributed by atoms with Crippen molar-refractivity contribution in [2.45, 2.75) is 25.8 Å². The van der Waals surface area contributed by atoms with Gasteiger partial charge in [-0.3, -0.25) is 4.79 Å². The second-order valence-corrected chi connectivity index (χ2v) is 5.57. The van der Waals surface area contributed by atoms with Crippen molar-refractivity contribution < 1.29 is 18.0 Å². The van der Waals surface area contributed by atoms with Crippen molar-refractivity contribution in [3.63, 3.8) is 0 Å². The number of amides is 1. The Morgan fingerprint density at radius 1 is 1.04 bits per heavy atom. The molecule has 0 spiro atoms. The van der Waals surface area contributed by atoms with E-state index in [1.807, 2.05) is 37.3 Å². The lowest BCUT2D eigenvalue weighted by Crippen LogP contribution is -2.37. The van der Waals surface area contributed by atoms with Crippen molar-refractivity contribution in [3.05, 3.63) is 65.5 Å². The molecule has 2 rings (SSSR count). The van der Waals surface area contributed by atoms with E-state index < -0.39 is 17.5 Å². The second-order valence-electron chi connectivity index (χ2n) is 5.57. The molecule has 0 bridgehead atoms. The summed E-state index contributed by atoms with van der Waals surface area (Å²) in [7, 11) is 0. The zero-order valence-electron chi connectivity index (χ0n) is 13.3. The van der Waals surface area contributed by atoms with Gasteiger partial charge in [0.05, 0.1) is 12.2 Å². The molecule has 6 heteroatoms. The lowest BCUT2D eigenvalue weighted by Gasteiger charge is -2.15. The highest BCUT2D eigenvalue weighted by Gasteiger charge is 2.14. The fourth-order valence-electron chi connectivity index (χ4n) is 2.26. The standard InChI is InChI=1S/C18H19F3N2O/c1-12(7-8-13-5-3-2-4-6-13)23-16(24)11-22-15-10-9-14(19)17(20)18(15)21/h2-6,9-10,12,22H,7-8,11H2,1H3,(H,23,24). The van der Waals surface area contributed by atoms with Crippen molar-refractivity contribution in [2.24, 2.45) is 0 Å². The number of nitrogens with one attached hydrogen (secondary N) is 2. The van der Waals surface area contributed by atoms with Crippen molar-refractivity contribution in [1.29, 1.82) is 0 Å². The Hall–Kier alpha value is -2.50. The molecule has 2 aromatic rings. The van der Waals surface area contributed by atoms with Gasteiger partial charge < -0.3 is 10.6 Å². The third-order valence-electron chi connectivity index (χ3n) is 3.59. The van der Waals surface area contributed by atoms with Crippen LogP contribution >= 0.6 is 0 Å². The van der Waals surface area contributed by atoms with Gasteiger partial charge in [-0.1, -0.05) is 30.3 Å². The number of halogens is 3. The van der Waals surface area contributed by atoms with E-state index in [4.69, 9.17) is 0 Å². The summed E-state index contributed by atoms with van der Waals surface area (Å²) in [5, 5.41) is 5.24. The molecular formula is C18H19F3N2O. The molecule has 0 aromatic heterocycles. The maximum Gasteiger partial charge on any atom is 0.239 e. The summed E-state index contributed by atoms with van der Waals surface area (Å²) in [4.78, 5) is 11.8. The lowest BCUT2D eigenvalue weighted by molar-refractivity contribution is -0.120. The predicted molar refractivity (Wildman–Crippen MR) is 87.2 cm³/mol. The van der Waals surface area contributed by atoms with Crippen LogP contribution in [0, 0.1) is 17.5 Å². The summed E-state index contributed by atoms with van der Waals surface area (Å²) in [5.74, 6) is -4.51. The van der Waals surface area contributed by atoms with Gasteiger partial charge in [0.1, 0.15) is 0 Å². The van der Waals surface area contributed by atoms with Crippen molar-refractivity contribution >= 4 is 11.6 Å². The van der Waals surface area contributed by atoms with Crippen molar-refractivity contribution in [3.8, 4) is 0 Å². The van der Waals surface area contributed by atoms with Crippen LogP contribution in [-0.2, 0) is 11.2 Å². The van der Waals surface area contributed by atoms with Gasteiger partial charge in [-0.15, -0.1) is 0 Å². The van der Waals surface area contributed by atoms with Gasteiger partial charge in [0.2, 0.25) is 5.91 Å². The zero-order chi connectivity index (χ0) is 17.5. The molecule has 0 saturated heterocycles. The predicted octanol–water partition coefficient (Wildman–Crippen LogP) is 3.65. The third-order valence-corrected chi connectivity index (χ3v) is 3.59. The lowest BCUT2D eigenvalue weighted by atomic mass is 10.1. The van der Waals surface area contributed by atoms with Crippen LogP contribution in [0.5, 0.6) is 0 Å². The molecule has 128 valence electrons. The summed E-state index contributed by atoms with van der Waals surface area (Å²) >= 11 is 0. The van der Waals surface area contributed by atoms with Crippen LogP contribution in [0.25, 0.3) is 0 Å². The number of aryl methyl sites for hydroxylation is 1. The number of benzene rings is 2. The van der Waals surface area contributed by atoms with E-state index in [0.29, 0.717) is 0 Å². The number of hydrogen-bond acceptors (Lipinski definition) is 2. The molecule has 0 heterocycles. The van der Waals surface area contributed by atoms with Gasteiger partial charge in [-0.25, -0.2) is 13.2 Å². The number of anilines is 1. The summed E-state index contributed by atoms with van der Waals surface area (Å²) in [6, 6.07) is 11.7. The summed E-state index contributed by atoms with van der Waals surface area (Å²) in [6.45, 7) is 1.65. The van der Waals surface area contributed by atoms with Gasteiger partial charge in [-0.05, 0) is 37.5 Å². The number of carbonyl (C=O) groups excluding carboxylic acids is 1. The Bertz CT molecular complexity index is 692. The summed E-state index contributed by atoms with van der Waals surface area (Å²) in [6.07, 6.45) is 1.59. The maximum atomic E-state index is 13.5. The Kier molecular flexibility index (Phi) is 6.23. The van der Waals surface area contributed by atoms with E-state index in [2.05, 4.69) is 10.6 Å². The van der Waals surface area contributed by atoms with E-state index >= 15 is 0 Å². The minimum Gasteiger partial charge on any atom is -0.374 e. The molecule has 0 aliphatic carbocycles. The first-order valence-electron chi connectivity index (χ1n) is 7.68. The van der Waals surface area contributed by atoms with Crippen LogP contribution in [-0.4, -0.2) is 18.5 Å². The highest BCUT2D eigenvalue weighted by molar-refractivity contribution is 5.80. The van der Waals surface area contributed by atoms with Gasteiger partial charge in [0.25, 0.3) is 0 Å².